The topological polar surface area (TPSA) is 61.4 Å². The van der Waals surface area contributed by atoms with E-state index in [-0.39, 0.29) is 12.5 Å². The lowest BCUT2D eigenvalue weighted by atomic mass is 10.0. The smallest absolute Gasteiger partial charge is 0.239 e. The maximum atomic E-state index is 11.5. The summed E-state index contributed by atoms with van der Waals surface area (Å²) in [6.07, 6.45) is 0.909. The first kappa shape index (κ1) is 16.2. The van der Waals surface area contributed by atoms with Crippen LogP contribution in [0.1, 0.15) is 16.7 Å². The molecule has 4 heteroatoms. The zero-order valence-corrected chi connectivity index (χ0v) is 12.8. The summed E-state index contributed by atoms with van der Waals surface area (Å²) in [5.74, 6) is -0.205. The van der Waals surface area contributed by atoms with E-state index >= 15 is 0 Å². The van der Waals surface area contributed by atoms with Crippen molar-refractivity contribution in [2.24, 2.45) is 0 Å². The van der Waals surface area contributed by atoms with Crippen molar-refractivity contribution in [3.05, 3.63) is 71.3 Å². The maximum absolute atomic E-state index is 11.5. The standard InChI is InChI=1S/C18H22N2O2/c1-19-18(22)17(13-21)20-12-16-9-7-15(8-10-16)11-14-5-3-2-4-6-14/h2-10,17,20-21H,11-13H2,1H3,(H,19,22)/t17-/m0/s1. The van der Waals surface area contributed by atoms with Crippen LogP contribution in [0.25, 0.3) is 0 Å². The molecule has 2 aromatic rings. The number of hydrogen-bond acceptors (Lipinski definition) is 3. The van der Waals surface area contributed by atoms with Crippen LogP contribution in [0.2, 0.25) is 0 Å². The van der Waals surface area contributed by atoms with Gasteiger partial charge in [0.2, 0.25) is 5.91 Å². The minimum Gasteiger partial charge on any atom is -0.394 e. The Morgan fingerprint density at radius 2 is 1.59 bits per heavy atom. The summed E-state index contributed by atoms with van der Waals surface area (Å²) in [6, 6.07) is 18.0. The Morgan fingerprint density at radius 3 is 2.18 bits per heavy atom. The van der Waals surface area contributed by atoms with E-state index in [1.807, 2.05) is 30.3 Å². The van der Waals surface area contributed by atoms with E-state index < -0.39 is 6.04 Å². The largest absolute Gasteiger partial charge is 0.394 e. The second-order valence-corrected chi connectivity index (χ2v) is 5.21. The molecule has 4 nitrogen and oxygen atoms in total. The third-order valence-electron chi connectivity index (χ3n) is 3.57. The second kappa shape index (κ2) is 8.32. The minimum absolute atomic E-state index is 0.205. The van der Waals surface area contributed by atoms with Crippen LogP contribution in [0, 0.1) is 0 Å². The number of nitrogens with one attached hydrogen (secondary N) is 2. The predicted molar refractivity (Wildman–Crippen MR) is 87.5 cm³/mol. The SMILES string of the molecule is CNC(=O)[C@H](CO)NCc1ccc(Cc2ccccc2)cc1. The third-order valence-corrected chi connectivity index (χ3v) is 3.57. The van der Waals surface area contributed by atoms with Crippen molar-refractivity contribution in [2.75, 3.05) is 13.7 Å². The molecule has 0 fully saturated rings. The lowest BCUT2D eigenvalue weighted by molar-refractivity contribution is -0.123. The highest BCUT2D eigenvalue weighted by Gasteiger charge is 2.14. The van der Waals surface area contributed by atoms with E-state index in [9.17, 15) is 9.90 Å². The molecule has 2 rings (SSSR count). The van der Waals surface area contributed by atoms with Crippen molar-refractivity contribution in [1.29, 1.82) is 0 Å². The van der Waals surface area contributed by atoms with E-state index in [0.29, 0.717) is 6.54 Å². The van der Waals surface area contributed by atoms with Gasteiger partial charge in [0, 0.05) is 13.6 Å². The molecule has 0 aliphatic heterocycles. The number of likely N-dealkylation sites (N-methyl/N-ethyl adjacent to an activating group) is 1. The average Bonchev–Trinajstić information content (AvgIpc) is 2.57. The van der Waals surface area contributed by atoms with E-state index in [2.05, 4.69) is 34.9 Å². The van der Waals surface area contributed by atoms with Gasteiger partial charge in [-0.25, -0.2) is 0 Å². The average molecular weight is 298 g/mol. The number of amides is 1. The normalized spacial score (nSPS) is 11.9. The van der Waals surface area contributed by atoms with Crippen LogP contribution >= 0.6 is 0 Å². The molecule has 0 aromatic heterocycles. The number of aliphatic hydroxyl groups is 1. The molecule has 1 atom stereocenters. The number of aliphatic hydroxyl groups excluding tert-OH is 1. The van der Waals surface area contributed by atoms with Crippen LogP contribution in [-0.2, 0) is 17.8 Å². The van der Waals surface area contributed by atoms with Gasteiger partial charge in [-0.2, -0.15) is 0 Å². The molecule has 22 heavy (non-hydrogen) atoms. The van der Waals surface area contributed by atoms with Crippen molar-refractivity contribution in [1.82, 2.24) is 10.6 Å². The zero-order valence-electron chi connectivity index (χ0n) is 12.8. The Balaban J connectivity index is 1.90. The van der Waals surface area contributed by atoms with Gasteiger partial charge in [-0.15, -0.1) is 0 Å². The van der Waals surface area contributed by atoms with Gasteiger partial charge in [-0.05, 0) is 23.1 Å². The first-order valence-corrected chi connectivity index (χ1v) is 7.40. The summed E-state index contributed by atoms with van der Waals surface area (Å²) >= 11 is 0. The Bertz CT molecular complexity index is 582. The Hall–Kier alpha value is -2.17. The Labute approximate surface area is 131 Å². The molecule has 0 radical (unpaired) electrons. The number of carbonyl (C=O) groups is 1. The van der Waals surface area contributed by atoms with Crippen LogP contribution in [-0.4, -0.2) is 30.7 Å². The quantitative estimate of drug-likeness (QED) is 0.725. The fourth-order valence-corrected chi connectivity index (χ4v) is 2.26. The molecular weight excluding hydrogens is 276 g/mol. The molecule has 0 aliphatic carbocycles. The molecule has 0 bridgehead atoms. The maximum Gasteiger partial charge on any atom is 0.239 e. The van der Waals surface area contributed by atoms with E-state index in [0.717, 1.165) is 12.0 Å². The zero-order chi connectivity index (χ0) is 15.8. The summed E-state index contributed by atoms with van der Waals surface area (Å²) in [5, 5.41) is 14.8. The van der Waals surface area contributed by atoms with Gasteiger partial charge < -0.3 is 10.4 Å². The van der Waals surface area contributed by atoms with Crippen molar-refractivity contribution in [3.8, 4) is 0 Å². The summed E-state index contributed by atoms with van der Waals surface area (Å²) in [7, 11) is 1.56. The summed E-state index contributed by atoms with van der Waals surface area (Å²) in [6.45, 7) is 0.329. The number of benzene rings is 2. The predicted octanol–water partition coefficient (Wildman–Crippen LogP) is 1.47. The van der Waals surface area contributed by atoms with Gasteiger partial charge >= 0.3 is 0 Å². The molecule has 3 N–H and O–H groups in total. The van der Waals surface area contributed by atoms with Crippen LogP contribution in [0.15, 0.2) is 54.6 Å². The first-order valence-electron chi connectivity index (χ1n) is 7.40. The van der Waals surface area contributed by atoms with E-state index in [1.54, 1.807) is 7.05 Å². The van der Waals surface area contributed by atoms with E-state index in [1.165, 1.54) is 11.1 Å². The van der Waals surface area contributed by atoms with Gasteiger partial charge in [0.15, 0.2) is 0 Å². The third kappa shape index (κ3) is 4.69. The van der Waals surface area contributed by atoms with Gasteiger partial charge in [0.05, 0.1) is 6.61 Å². The molecule has 0 heterocycles. The monoisotopic (exact) mass is 298 g/mol. The van der Waals surface area contributed by atoms with Crippen molar-refractivity contribution >= 4 is 5.91 Å². The van der Waals surface area contributed by atoms with Gasteiger partial charge in [0.25, 0.3) is 0 Å². The van der Waals surface area contributed by atoms with Crippen molar-refractivity contribution in [3.63, 3.8) is 0 Å². The second-order valence-electron chi connectivity index (χ2n) is 5.21. The van der Waals surface area contributed by atoms with Crippen LogP contribution < -0.4 is 10.6 Å². The molecule has 116 valence electrons. The number of carbonyl (C=O) groups excluding carboxylic acids is 1. The van der Waals surface area contributed by atoms with Crippen LogP contribution in [0.5, 0.6) is 0 Å². The van der Waals surface area contributed by atoms with Crippen molar-refractivity contribution in [2.45, 2.75) is 19.0 Å². The number of rotatable bonds is 7. The Kier molecular flexibility index (Phi) is 6.13. The highest BCUT2D eigenvalue weighted by atomic mass is 16.3. The van der Waals surface area contributed by atoms with Crippen LogP contribution in [0.3, 0.4) is 0 Å². The van der Waals surface area contributed by atoms with Crippen LogP contribution in [0.4, 0.5) is 0 Å². The number of hydrogen-bond donors (Lipinski definition) is 3. The molecule has 2 aromatic carbocycles. The summed E-state index contributed by atoms with van der Waals surface area (Å²) in [5.41, 5.74) is 3.62. The van der Waals surface area contributed by atoms with Gasteiger partial charge in [-0.3, -0.25) is 10.1 Å². The molecular formula is C18H22N2O2. The molecule has 0 spiro atoms. The van der Waals surface area contributed by atoms with Crippen molar-refractivity contribution < 1.29 is 9.90 Å². The molecule has 0 aliphatic rings. The van der Waals surface area contributed by atoms with Gasteiger partial charge in [0.1, 0.15) is 6.04 Å². The fourth-order valence-electron chi connectivity index (χ4n) is 2.26. The lowest BCUT2D eigenvalue weighted by Gasteiger charge is -2.14. The minimum atomic E-state index is -0.575. The lowest BCUT2D eigenvalue weighted by Crippen LogP contribution is -2.44. The molecule has 1 amide bonds. The van der Waals surface area contributed by atoms with E-state index in [4.69, 9.17) is 0 Å². The molecule has 0 unspecified atom stereocenters. The first-order chi connectivity index (χ1) is 10.7. The fraction of sp³-hybridized carbons (Fsp3) is 0.278. The highest BCUT2D eigenvalue weighted by Crippen LogP contribution is 2.10. The van der Waals surface area contributed by atoms with Gasteiger partial charge in [-0.1, -0.05) is 54.6 Å². The molecule has 0 saturated carbocycles. The summed E-state index contributed by atoms with van der Waals surface area (Å²) < 4.78 is 0. The molecule has 0 saturated heterocycles. The highest BCUT2D eigenvalue weighted by molar-refractivity contribution is 5.81. The Morgan fingerprint density at radius 1 is 1.00 bits per heavy atom. The summed E-state index contributed by atoms with van der Waals surface area (Å²) in [4.78, 5) is 11.5.